The molecule has 1 saturated carbocycles. The van der Waals surface area contributed by atoms with Gasteiger partial charge >= 0.3 is 0 Å². The molecule has 1 fully saturated rings. The number of nitrogens with zero attached hydrogens (tertiary/aromatic N) is 1. The lowest BCUT2D eigenvalue weighted by Gasteiger charge is -2.08. The first kappa shape index (κ1) is 13.8. The van der Waals surface area contributed by atoms with E-state index in [9.17, 15) is 4.79 Å². The Balaban J connectivity index is 1.98. The van der Waals surface area contributed by atoms with Crippen LogP contribution in [0, 0.1) is 11.3 Å². The van der Waals surface area contributed by atoms with Crippen molar-refractivity contribution in [2.45, 2.75) is 40.0 Å². The minimum atomic E-state index is -0.0471. The summed E-state index contributed by atoms with van der Waals surface area (Å²) in [7, 11) is 0. The van der Waals surface area contributed by atoms with Gasteiger partial charge in [0.05, 0.1) is 0 Å². The molecule has 1 aliphatic carbocycles. The van der Waals surface area contributed by atoms with Crippen LogP contribution in [0.3, 0.4) is 0 Å². The highest BCUT2D eigenvalue weighted by Crippen LogP contribution is 2.50. The van der Waals surface area contributed by atoms with Crippen LogP contribution in [-0.2, 0) is 6.42 Å². The number of rotatable bonds is 5. The Hall–Kier alpha value is -1.58. The highest BCUT2D eigenvalue weighted by atomic mass is 16.1. The number of nitrogens with two attached hydrogens (primary N) is 1. The number of carbonyl (C=O) groups excluding carboxylic acids is 1. The van der Waals surface area contributed by atoms with Gasteiger partial charge in [0.2, 0.25) is 0 Å². The molecule has 0 aromatic carbocycles. The molecule has 104 valence electrons. The van der Waals surface area contributed by atoms with E-state index in [1.165, 1.54) is 6.42 Å². The fourth-order valence-corrected chi connectivity index (χ4v) is 2.37. The van der Waals surface area contributed by atoms with E-state index in [1.807, 2.05) is 6.07 Å². The Morgan fingerprint density at radius 1 is 1.53 bits per heavy atom. The quantitative estimate of drug-likeness (QED) is 0.855. The molecular formula is C15H23N3O. The predicted octanol–water partition coefficient (Wildman–Crippen LogP) is 2.39. The van der Waals surface area contributed by atoms with Gasteiger partial charge in [0.15, 0.2) is 0 Å². The fourth-order valence-electron chi connectivity index (χ4n) is 2.37. The Morgan fingerprint density at radius 2 is 2.21 bits per heavy atom. The summed E-state index contributed by atoms with van der Waals surface area (Å²) < 4.78 is 0. The van der Waals surface area contributed by atoms with Crippen molar-refractivity contribution < 1.29 is 4.79 Å². The molecule has 1 amide bonds. The highest BCUT2D eigenvalue weighted by Gasteiger charge is 2.45. The summed E-state index contributed by atoms with van der Waals surface area (Å²) in [6, 6.07) is 3.49. The molecule has 0 radical (unpaired) electrons. The number of nitrogens with one attached hydrogen (secondary N) is 1. The van der Waals surface area contributed by atoms with E-state index < -0.39 is 0 Å². The van der Waals surface area contributed by atoms with Crippen LogP contribution in [0.4, 0.5) is 5.82 Å². The molecule has 0 bridgehead atoms. The van der Waals surface area contributed by atoms with Gasteiger partial charge in [-0.1, -0.05) is 27.2 Å². The summed E-state index contributed by atoms with van der Waals surface area (Å²) in [6.45, 7) is 7.29. The van der Waals surface area contributed by atoms with E-state index in [-0.39, 0.29) is 5.91 Å². The molecule has 1 atom stereocenters. The molecule has 19 heavy (non-hydrogen) atoms. The Bertz CT molecular complexity index is 482. The first-order valence-electron chi connectivity index (χ1n) is 6.97. The van der Waals surface area contributed by atoms with Crippen LogP contribution >= 0.6 is 0 Å². The van der Waals surface area contributed by atoms with Crippen molar-refractivity contribution in [3.8, 4) is 0 Å². The van der Waals surface area contributed by atoms with Crippen LogP contribution in [0.25, 0.3) is 0 Å². The summed E-state index contributed by atoms with van der Waals surface area (Å²) in [5.41, 5.74) is 7.64. The number of carbonyl (C=O) groups is 1. The van der Waals surface area contributed by atoms with Crippen LogP contribution in [0.2, 0.25) is 0 Å². The van der Waals surface area contributed by atoms with Gasteiger partial charge in [0, 0.05) is 17.8 Å². The van der Waals surface area contributed by atoms with Crippen molar-refractivity contribution in [3.63, 3.8) is 0 Å². The molecule has 2 rings (SSSR count). The number of pyridine rings is 1. The molecule has 1 aliphatic rings. The lowest BCUT2D eigenvalue weighted by Crippen LogP contribution is -2.27. The lowest BCUT2D eigenvalue weighted by atomic mass is 10.1. The molecular weight excluding hydrogens is 238 g/mol. The largest absolute Gasteiger partial charge is 0.384 e. The van der Waals surface area contributed by atoms with Crippen molar-refractivity contribution in [1.82, 2.24) is 10.3 Å². The van der Waals surface area contributed by atoms with Crippen LogP contribution in [-0.4, -0.2) is 17.4 Å². The van der Waals surface area contributed by atoms with E-state index in [1.54, 1.807) is 6.07 Å². The number of aryl methyl sites for hydroxylation is 1. The van der Waals surface area contributed by atoms with E-state index >= 15 is 0 Å². The van der Waals surface area contributed by atoms with Gasteiger partial charge in [0.1, 0.15) is 5.82 Å². The van der Waals surface area contributed by atoms with Crippen molar-refractivity contribution in [2.24, 2.45) is 11.3 Å². The van der Waals surface area contributed by atoms with Gasteiger partial charge in [0.25, 0.3) is 5.91 Å². The van der Waals surface area contributed by atoms with Gasteiger partial charge in [-0.15, -0.1) is 0 Å². The average Bonchev–Trinajstić information content (AvgIpc) is 2.94. The van der Waals surface area contributed by atoms with Crippen LogP contribution in [0.15, 0.2) is 12.1 Å². The number of aromatic nitrogens is 1. The number of nitrogen functional groups attached to an aromatic ring is 1. The molecule has 0 spiro atoms. The summed E-state index contributed by atoms with van der Waals surface area (Å²) >= 11 is 0. The molecule has 1 aromatic rings. The second kappa shape index (κ2) is 5.19. The van der Waals surface area contributed by atoms with Crippen LogP contribution < -0.4 is 11.1 Å². The van der Waals surface area contributed by atoms with Gasteiger partial charge in [-0.3, -0.25) is 4.79 Å². The van der Waals surface area contributed by atoms with Crippen molar-refractivity contribution in [2.75, 3.05) is 12.3 Å². The molecule has 1 heterocycles. The van der Waals surface area contributed by atoms with Crippen molar-refractivity contribution in [3.05, 3.63) is 23.4 Å². The molecule has 1 unspecified atom stereocenters. The zero-order valence-electron chi connectivity index (χ0n) is 12.0. The Morgan fingerprint density at radius 3 is 2.79 bits per heavy atom. The van der Waals surface area contributed by atoms with E-state index in [0.717, 1.165) is 25.1 Å². The van der Waals surface area contributed by atoms with E-state index in [0.29, 0.717) is 22.7 Å². The standard InChI is InChI=1S/C15H23N3O/c1-4-5-12-6-10(7-13(16)18-12)14(19)17-9-11-8-15(11,2)3/h6-7,11H,4-5,8-9H2,1-3H3,(H2,16,18)(H,17,19). The smallest absolute Gasteiger partial charge is 0.251 e. The number of anilines is 1. The third-order valence-electron chi connectivity index (χ3n) is 3.89. The molecule has 1 aromatic heterocycles. The first-order valence-corrected chi connectivity index (χ1v) is 6.97. The maximum atomic E-state index is 12.1. The second-order valence-corrected chi connectivity index (χ2v) is 6.12. The number of amides is 1. The van der Waals surface area contributed by atoms with Crippen LogP contribution in [0.5, 0.6) is 0 Å². The topological polar surface area (TPSA) is 68.0 Å². The lowest BCUT2D eigenvalue weighted by molar-refractivity contribution is 0.0950. The van der Waals surface area contributed by atoms with Gasteiger partial charge in [-0.05, 0) is 36.3 Å². The zero-order valence-corrected chi connectivity index (χ0v) is 12.0. The fraction of sp³-hybridized carbons (Fsp3) is 0.600. The first-order chi connectivity index (χ1) is 8.92. The molecule has 3 N–H and O–H groups in total. The second-order valence-electron chi connectivity index (χ2n) is 6.12. The van der Waals surface area contributed by atoms with Crippen LogP contribution in [0.1, 0.15) is 49.7 Å². The summed E-state index contributed by atoms with van der Waals surface area (Å²) in [5, 5.41) is 2.99. The molecule has 0 saturated heterocycles. The van der Waals surface area contributed by atoms with Crippen molar-refractivity contribution in [1.29, 1.82) is 0 Å². The summed E-state index contributed by atoms with van der Waals surface area (Å²) in [5.74, 6) is 0.975. The highest BCUT2D eigenvalue weighted by molar-refractivity contribution is 5.94. The average molecular weight is 261 g/mol. The van der Waals surface area contributed by atoms with Crippen molar-refractivity contribution >= 4 is 11.7 Å². The van der Waals surface area contributed by atoms with Gasteiger partial charge in [-0.25, -0.2) is 4.98 Å². The Labute approximate surface area is 114 Å². The monoisotopic (exact) mass is 261 g/mol. The minimum absolute atomic E-state index is 0.0471. The number of hydrogen-bond acceptors (Lipinski definition) is 3. The summed E-state index contributed by atoms with van der Waals surface area (Å²) in [4.78, 5) is 16.3. The third kappa shape index (κ3) is 3.46. The maximum Gasteiger partial charge on any atom is 0.251 e. The maximum absolute atomic E-state index is 12.1. The predicted molar refractivity (Wildman–Crippen MR) is 76.9 cm³/mol. The number of hydrogen-bond donors (Lipinski definition) is 2. The summed E-state index contributed by atoms with van der Waals surface area (Å²) in [6.07, 6.45) is 3.03. The minimum Gasteiger partial charge on any atom is -0.384 e. The van der Waals surface area contributed by atoms with E-state index in [2.05, 4.69) is 31.1 Å². The molecule has 0 aliphatic heterocycles. The molecule has 4 nitrogen and oxygen atoms in total. The Kier molecular flexibility index (Phi) is 3.78. The zero-order chi connectivity index (χ0) is 14.0. The normalized spacial score (nSPS) is 20.1. The third-order valence-corrected chi connectivity index (χ3v) is 3.89. The SMILES string of the molecule is CCCc1cc(C(=O)NCC2CC2(C)C)cc(N)n1. The molecule has 4 heteroatoms. The van der Waals surface area contributed by atoms with Gasteiger partial charge < -0.3 is 11.1 Å². The van der Waals surface area contributed by atoms with Gasteiger partial charge in [-0.2, -0.15) is 0 Å². The van der Waals surface area contributed by atoms with E-state index in [4.69, 9.17) is 5.73 Å².